The van der Waals surface area contributed by atoms with Crippen molar-refractivity contribution < 1.29 is 9.53 Å². The van der Waals surface area contributed by atoms with Gasteiger partial charge in [0, 0.05) is 9.79 Å². The molecule has 0 N–H and O–H groups in total. The Morgan fingerprint density at radius 3 is 2.80 bits per heavy atom. The summed E-state index contributed by atoms with van der Waals surface area (Å²) in [6.45, 7) is 5.73. The zero-order valence-electron chi connectivity index (χ0n) is 8.77. The quantitative estimate of drug-likeness (QED) is 0.342. The fraction of sp³-hybridized carbons (Fsp3) is 0.444. The summed E-state index contributed by atoms with van der Waals surface area (Å²) >= 11 is 1.30. The second-order valence-electron chi connectivity index (χ2n) is 2.87. The molecular formula is C9H11N3O2S. The lowest BCUT2D eigenvalue weighted by atomic mass is 10.1. The van der Waals surface area contributed by atoms with Gasteiger partial charge < -0.3 is 4.74 Å². The molecule has 0 aromatic carbocycles. The summed E-state index contributed by atoms with van der Waals surface area (Å²) in [7, 11) is 0. The van der Waals surface area contributed by atoms with Crippen LogP contribution in [0.5, 0.6) is 0 Å². The summed E-state index contributed by atoms with van der Waals surface area (Å²) in [5.41, 5.74) is 9.58. The van der Waals surface area contributed by atoms with Gasteiger partial charge in [-0.05, 0) is 37.0 Å². The molecule has 15 heavy (non-hydrogen) atoms. The second kappa shape index (κ2) is 4.82. The van der Waals surface area contributed by atoms with Crippen molar-refractivity contribution in [3.05, 3.63) is 26.4 Å². The number of hydrogen-bond donors (Lipinski definition) is 0. The standard InChI is InChI=1S/C9H11N3O2S/c1-4-14-9(13)7-5(2)6(3)15-8(7)11-12-10/h4H2,1-3H3. The number of ether oxygens (including phenoxy) is 1. The minimum Gasteiger partial charge on any atom is -0.462 e. The number of azide groups is 1. The van der Waals surface area contributed by atoms with Crippen molar-refractivity contribution in [1.29, 1.82) is 0 Å². The molecule has 0 spiro atoms. The van der Waals surface area contributed by atoms with Gasteiger partial charge >= 0.3 is 5.97 Å². The van der Waals surface area contributed by atoms with Crippen LogP contribution < -0.4 is 0 Å². The number of carbonyl (C=O) groups is 1. The summed E-state index contributed by atoms with van der Waals surface area (Å²) < 4.78 is 4.89. The first-order chi connectivity index (χ1) is 7.11. The molecule has 1 heterocycles. The molecule has 1 aromatic rings. The highest BCUT2D eigenvalue weighted by Crippen LogP contribution is 2.35. The lowest BCUT2D eigenvalue weighted by Gasteiger charge is -2.01. The van der Waals surface area contributed by atoms with Crippen LogP contribution in [0.15, 0.2) is 5.11 Å². The summed E-state index contributed by atoms with van der Waals surface area (Å²) in [4.78, 5) is 15.2. The van der Waals surface area contributed by atoms with E-state index in [-0.39, 0.29) is 0 Å². The summed E-state index contributed by atoms with van der Waals surface area (Å²) in [6, 6.07) is 0. The Hall–Kier alpha value is -1.52. The van der Waals surface area contributed by atoms with E-state index in [1.54, 1.807) is 6.92 Å². The number of esters is 1. The van der Waals surface area contributed by atoms with E-state index in [4.69, 9.17) is 10.3 Å². The zero-order chi connectivity index (χ0) is 11.4. The maximum atomic E-state index is 11.6. The second-order valence-corrected chi connectivity index (χ2v) is 4.08. The van der Waals surface area contributed by atoms with Crippen LogP contribution in [-0.2, 0) is 4.74 Å². The van der Waals surface area contributed by atoms with E-state index in [9.17, 15) is 4.79 Å². The third-order valence-electron chi connectivity index (χ3n) is 1.98. The van der Waals surface area contributed by atoms with Gasteiger partial charge in [-0.15, -0.1) is 11.3 Å². The molecule has 0 saturated carbocycles. The van der Waals surface area contributed by atoms with Crippen molar-refractivity contribution in [2.24, 2.45) is 5.11 Å². The van der Waals surface area contributed by atoms with Gasteiger partial charge in [0.15, 0.2) is 0 Å². The van der Waals surface area contributed by atoms with Crippen LogP contribution in [0.3, 0.4) is 0 Å². The molecule has 0 saturated heterocycles. The van der Waals surface area contributed by atoms with Crippen LogP contribution >= 0.6 is 11.3 Å². The van der Waals surface area contributed by atoms with E-state index in [2.05, 4.69) is 10.0 Å². The van der Waals surface area contributed by atoms with Crippen LogP contribution in [0.1, 0.15) is 27.7 Å². The average Bonchev–Trinajstić information content (AvgIpc) is 2.44. The zero-order valence-corrected chi connectivity index (χ0v) is 9.59. The Bertz CT molecular complexity index is 433. The van der Waals surface area contributed by atoms with Crippen LogP contribution in [-0.4, -0.2) is 12.6 Å². The van der Waals surface area contributed by atoms with Gasteiger partial charge in [-0.3, -0.25) is 0 Å². The van der Waals surface area contributed by atoms with Crippen LogP contribution in [0, 0.1) is 13.8 Å². The van der Waals surface area contributed by atoms with Gasteiger partial charge in [-0.1, -0.05) is 0 Å². The third-order valence-corrected chi connectivity index (χ3v) is 3.07. The Kier molecular flexibility index (Phi) is 3.71. The van der Waals surface area contributed by atoms with Crippen molar-refractivity contribution in [2.45, 2.75) is 20.8 Å². The van der Waals surface area contributed by atoms with Gasteiger partial charge in [0.05, 0.1) is 12.2 Å². The number of rotatable bonds is 3. The summed E-state index contributed by atoms with van der Waals surface area (Å²) in [5, 5.41) is 3.87. The number of aryl methyl sites for hydroxylation is 1. The monoisotopic (exact) mass is 225 g/mol. The van der Waals surface area contributed by atoms with Crippen molar-refractivity contribution >= 4 is 22.3 Å². The van der Waals surface area contributed by atoms with Gasteiger partial charge in [0.1, 0.15) is 5.00 Å². The molecule has 80 valence electrons. The van der Waals surface area contributed by atoms with E-state index in [0.29, 0.717) is 17.2 Å². The van der Waals surface area contributed by atoms with Crippen molar-refractivity contribution in [2.75, 3.05) is 6.61 Å². The van der Waals surface area contributed by atoms with Crippen molar-refractivity contribution in [1.82, 2.24) is 0 Å². The molecule has 0 fully saturated rings. The van der Waals surface area contributed by atoms with Crippen LogP contribution in [0.25, 0.3) is 10.4 Å². The van der Waals surface area contributed by atoms with Gasteiger partial charge in [-0.2, -0.15) is 0 Å². The molecule has 0 radical (unpaired) electrons. The number of thiophene rings is 1. The molecule has 0 unspecified atom stereocenters. The lowest BCUT2D eigenvalue weighted by Crippen LogP contribution is -2.05. The Labute approximate surface area is 91.3 Å². The molecule has 1 aromatic heterocycles. The van der Waals surface area contributed by atoms with E-state index < -0.39 is 5.97 Å². The normalized spacial score (nSPS) is 9.53. The topological polar surface area (TPSA) is 75.1 Å². The van der Waals surface area contributed by atoms with Gasteiger partial charge in [-0.25, -0.2) is 4.79 Å². The van der Waals surface area contributed by atoms with Gasteiger partial charge in [0.25, 0.3) is 0 Å². The lowest BCUT2D eigenvalue weighted by molar-refractivity contribution is 0.0527. The smallest absolute Gasteiger partial charge is 0.339 e. The maximum absolute atomic E-state index is 11.6. The molecule has 0 amide bonds. The van der Waals surface area contributed by atoms with E-state index in [1.165, 1.54) is 11.3 Å². The van der Waals surface area contributed by atoms with E-state index >= 15 is 0 Å². The van der Waals surface area contributed by atoms with Gasteiger partial charge in [0.2, 0.25) is 0 Å². The van der Waals surface area contributed by atoms with E-state index in [0.717, 1.165) is 10.4 Å². The van der Waals surface area contributed by atoms with Crippen LogP contribution in [0.2, 0.25) is 0 Å². The van der Waals surface area contributed by atoms with E-state index in [1.807, 2.05) is 13.8 Å². The number of carbonyl (C=O) groups excluding carboxylic acids is 1. The Morgan fingerprint density at radius 1 is 1.60 bits per heavy atom. The molecule has 0 aliphatic carbocycles. The Balaban J connectivity index is 3.24. The first-order valence-corrected chi connectivity index (χ1v) is 5.25. The highest BCUT2D eigenvalue weighted by atomic mass is 32.1. The molecule has 0 aliphatic heterocycles. The van der Waals surface area contributed by atoms with Crippen molar-refractivity contribution in [3.8, 4) is 0 Å². The molecule has 5 nitrogen and oxygen atoms in total. The summed E-state index contributed by atoms with van der Waals surface area (Å²) in [6.07, 6.45) is 0. The highest BCUT2D eigenvalue weighted by molar-refractivity contribution is 7.16. The largest absolute Gasteiger partial charge is 0.462 e. The summed E-state index contributed by atoms with van der Waals surface area (Å²) in [5.74, 6) is -0.429. The first-order valence-electron chi connectivity index (χ1n) is 4.44. The average molecular weight is 225 g/mol. The Morgan fingerprint density at radius 2 is 2.27 bits per heavy atom. The number of hydrogen-bond acceptors (Lipinski definition) is 4. The molecule has 0 bridgehead atoms. The molecule has 6 heteroatoms. The molecule has 0 atom stereocenters. The predicted molar refractivity (Wildman–Crippen MR) is 58.6 cm³/mol. The molecule has 0 aliphatic rings. The molecular weight excluding hydrogens is 214 g/mol. The SMILES string of the molecule is CCOC(=O)c1c(N=[N+]=[N-])sc(C)c1C. The fourth-order valence-corrected chi connectivity index (χ4v) is 2.12. The fourth-order valence-electron chi connectivity index (χ4n) is 1.16. The first kappa shape index (κ1) is 11.6. The highest BCUT2D eigenvalue weighted by Gasteiger charge is 2.19. The third kappa shape index (κ3) is 2.29. The molecule has 1 rings (SSSR count). The minimum atomic E-state index is -0.429. The van der Waals surface area contributed by atoms with Crippen molar-refractivity contribution in [3.63, 3.8) is 0 Å². The predicted octanol–water partition coefficient (Wildman–Crippen LogP) is 3.48. The maximum Gasteiger partial charge on any atom is 0.339 e. The van der Waals surface area contributed by atoms with Crippen LogP contribution in [0.4, 0.5) is 5.00 Å². The number of nitrogens with zero attached hydrogens (tertiary/aromatic N) is 3. The minimum absolute atomic E-state index is 0.308.